The lowest BCUT2D eigenvalue weighted by Gasteiger charge is -2.21. The van der Waals surface area contributed by atoms with Gasteiger partial charge in [-0.05, 0) is 43.2 Å². The maximum absolute atomic E-state index is 12.6. The largest absolute Gasteiger partial charge is 0.497 e. The summed E-state index contributed by atoms with van der Waals surface area (Å²) < 4.78 is 5.16. The quantitative estimate of drug-likeness (QED) is 0.883. The van der Waals surface area contributed by atoms with Gasteiger partial charge in [0.25, 0.3) is 0 Å². The molecule has 5 nitrogen and oxygen atoms in total. The molecule has 136 valence electrons. The lowest BCUT2D eigenvalue weighted by atomic mass is 10.1. The molecule has 0 bridgehead atoms. The number of aryl methyl sites for hydroxylation is 2. The van der Waals surface area contributed by atoms with Crippen LogP contribution in [0.15, 0.2) is 36.4 Å². The maximum atomic E-state index is 12.6. The van der Waals surface area contributed by atoms with E-state index in [2.05, 4.69) is 5.32 Å². The molecule has 6 heteroatoms. The third-order valence-corrected chi connectivity index (χ3v) is 4.79. The van der Waals surface area contributed by atoms with Crippen LogP contribution >= 0.6 is 11.6 Å². The number of hydrogen-bond acceptors (Lipinski definition) is 3. The van der Waals surface area contributed by atoms with Gasteiger partial charge in [0.15, 0.2) is 0 Å². The van der Waals surface area contributed by atoms with E-state index in [1.54, 1.807) is 36.3 Å². The second-order valence-electron chi connectivity index (χ2n) is 6.54. The molecule has 0 aromatic heterocycles. The Labute approximate surface area is 157 Å². The van der Waals surface area contributed by atoms with Crippen molar-refractivity contribution in [3.63, 3.8) is 0 Å². The molecule has 1 saturated heterocycles. The van der Waals surface area contributed by atoms with Crippen LogP contribution in [-0.4, -0.2) is 25.5 Å². The minimum Gasteiger partial charge on any atom is -0.497 e. The van der Waals surface area contributed by atoms with E-state index in [1.807, 2.05) is 26.0 Å². The Morgan fingerprint density at radius 3 is 2.73 bits per heavy atom. The van der Waals surface area contributed by atoms with E-state index < -0.39 is 5.92 Å². The smallest absolute Gasteiger partial charge is 0.229 e. The molecule has 1 unspecified atom stereocenters. The summed E-state index contributed by atoms with van der Waals surface area (Å²) in [5.74, 6) is -0.0425. The third kappa shape index (κ3) is 3.68. The molecule has 0 radical (unpaired) electrons. The number of nitrogens with one attached hydrogen (secondary N) is 1. The molecule has 1 heterocycles. The van der Waals surface area contributed by atoms with Crippen LogP contribution in [-0.2, 0) is 9.59 Å². The summed E-state index contributed by atoms with van der Waals surface area (Å²) in [6, 6.07) is 11.0. The van der Waals surface area contributed by atoms with Gasteiger partial charge in [-0.2, -0.15) is 0 Å². The highest BCUT2D eigenvalue weighted by Crippen LogP contribution is 2.35. The van der Waals surface area contributed by atoms with Gasteiger partial charge in [-0.25, -0.2) is 0 Å². The Balaban J connectivity index is 1.76. The molecule has 2 amide bonds. The summed E-state index contributed by atoms with van der Waals surface area (Å²) in [6.45, 7) is 4.20. The lowest BCUT2D eigenvalue weighted by molar-refractivity contribution is -0.122. The average Bonchev–Trinajstić information content (AvgIpc) is 2.96. The van der Waals surface area contributed by atoms with Crippen molar-refractivity contribution < 1.29 is 14.3 Å². The van der Waals surface area contributed by atoms with Crippen LogP contribution in [0, 0.1) is 19.8 Å². The van der Waals surface area contributed by atoms with Gasteiger partial charge in [0.05, 0.1) is 23.7 Å². The molecule has 0 saturated carbocycles. The number of carbonyl (C=O) groups excluding carboxylic acids is 2. The van der Waals surface area contributed by atoms with Crippen molar-refractivity contribution in [3.8, 4) is 5.75 Å². The van der Waals surface area contributed by atoms with Gasteiger partial charge < -0.3 is 15.0 Å². The second kappa shape index (κ2) is 7.38. The maximum Gasteiger partial charge on any atom is 0.229 e. The summed E-state index contributed by atoms with van der Waals surface area (Å²) in [4.78, 5) is 26.7. The number of benzene rings is 2. The minimum atomic E-state index is -0.425. The number of anilines is 2. The van der Waals surface area contributed by atoms with Crippen molar-refractivity contribution in [1.29, 1.82) is 0 Å². The van der Waals surface area contributed by atoms with E-state index in [9.17, 15) is 9.59 Å². The van der Waals surface area contributed by atoms with Crippen LogP contribution in [0.3, 0.4) is 0 Å². The first kappa shape index (κ1) is 18.3. The monoisotopic (exact) mass is 372 g/mol. The molecule has 2 aromatic rings. The van der Waals surface area contributed by atoms with Gasteiger partial charge in [0, 0.05) is 24.7 Å². The minimum absolute atomic E-state index is 0.0929. The second-order valence-corrected chi connectivity index (χ2v) is 6.95. The molecular formula is C20H21ClN2O3. The number of halogens is 1. The molecule has 0 aliphatic carbocycles. The first-order valence-corrected chi connectivity index (χ1v) is 8.79. The van der Waals surface area contributed by atoms with Crippen LogP contribution in [0.25, 0.3) is 0 Å². The van der Waals surface area contributed by atoms with Crippen LogP contribution < -0.4 is 15.0 Å². The number of rotatable bonds is 4. The van der Waals surface area contributed by atoms with Gasteiger partial charge in [0.1, 0.15) is 5.75 Å². The van der Waals surface area contributed by atoms with Crippen LogP contribution in [0.2, 0.25) is 5.02 Å². The summed E-state index contributed by atoms with van der Waals surface area (Å²) >= 11 is 6.36. The number of carbonyl (C=O) groups is 2. The summed E-state index contributed by atoms with van der Waals surface area (Å²) in [6.07, 6.45) is 0.166. The summed E-state index contributed by atoms with van der Waals surface area (Å²) in [7, 11) is 1.57. The first-order chi connectivity index (χ1) is 12.4. The van der Waals surface area contributed by atoms with Gasteiger partial charge >= 0.3 is 0 Å². The van der Waals surface area contributed by atoms with E-state index >= 15 is 0 Å². The van der Waals surface area contributed by atoms with E-state index in [0.29, 0.717) is 28.7 Å². The zero-order valence-electron chi connectivity index (χ0n) is 15.0. The van der Waals surface area contributed by atoms with Crippen molar-refractivity contribution in [2.45, 2.75) is 20.3 Å². The first-order valence-electron chi connectivity index (χ1n) is 8.41. The van der Waals surface area contributed by atoms with Gasteiger partial charge in [-0.1, -0.05) is 23.7 Å². The highest BCUT2D eigenvalue weighted by atomic mass is 35.5. The third-order valence-electron chi connectivity index (χ3n) is 4.50. The van der Waals surface area contributed by atoms with Crippen molar-refractivity contribution >= 4 is 34.8 Å². The van der Waals surface area contributed by atoms with Crippen molar-refractivity contribution in [2.75, 3.05) is 23.9 Å². The highest BCUT2D eigenvalue weighted by Gasteiger charge is 2.36. The number of amides is 2. The fraction of sp³-hybridized carbons (Fsp3) is 0.300. The summed E-state index contributed by atoms with van der Waals surface area (Å²) in [5.41, 5.74) is 3.30. The van der Waals surface area contributed by atoms with Gasteiger partial charge in [-0.15, -0.1) is 0 Å². The molecule has 3 rings (SSSR count). The fourth-order valence-corrected chi connectivity index (χ4v) is 3.72. The topological polar surface area (TPSA) is 58.6 Å². The zero-order chi connectivity index (χ0) is 18.8. The van der Waals surface area contributed by atoms with E-state index in [-0.39, 0.29) is 18.2 Å². The standard InChI is InChI=1S/C20H21ClN2O3/c1-12-7-13(2)19(17(21)8-12)23-11-14(9-18(23)24)20(25)22-15-5-4-6-16(10-15)26-3/h4-8,10,14H,9,11H2,1-3H3,(H,22,25). The normalized spacial score (nSPS) is 16.7. The predicted molar refractivity (Wildman–Crippen MR) is 103 cm³/mol. The molecule has 1 fully saturated rings. The Morgan fingerprint density at radius 2 is 2.04 bits per heavy atom. The van der Waals surface area contributed by atoms with Crippen molar-refractivity contribution in [3.05, 3.63) is 52.5 Å². The van der Waals surface area contributed by atoms with Gasteiger partial charge in [-0.3, -0.25) is 9.59 Å². The van der Waals surface area contributed by atoms with Crippen molar-refractivity contribution in [2.24, 2.45) is 5.92 Å². The van der Waals surface area contributed by atoms with Crippen LogP contribution in [0.4, 0.5) is 11.4 Å². The van der Waals surface area contributed by atoms with E-state index in [1.165, 1.54) is 0 Å². The number of hydrogen-bond donors (Lipinski definition) is 1. The molecular weight excluding hydrogens is 352 g/mol. The summed E-state index contributed by atoms with van der Waals surface area (Å²) in [5, 5.41) is 3.39. The molecule has 1 atom stereocenters. The van der Waals surface area contributed by atoms with E-state index in [4.69, 9.17) is 16.3 Å². The molecule has 26 heavy (non-hydrogen) atoms. The predicted octanol–water partition coefficient (Wildman–Crippen LogP) is 3.96. The lowest BCUT2D eigenvalue weighted by Crippen LogP contribution is -2.28. The molecule has 0 spiro atoms. The Morgan fingerprint density at radius 1 is 1.27 bits per heavy atom. The average molecular weight is 373 g/mol. The number of nitrogens with zero attached hydrogens (tertiary/aromatic N) is 1. The highest BCUT2D eigenvalue weighted by molar-refractivity contribution is 6.34. The molecule has 1 N–H and O–H groups in total. The Hall–Kier alpha value is -2.53. The van der Waals surface area contributed by atoms with Gasteiger partial charge in [0.2, 0.25) is 11.8 Å². The van der Waals surface area contributed by atoms with E-state index in [0.717, 1.165) is 11.1 Å². The number of methoxy groups -OCH3 is 1. The molecule has 2 aromatic carbocycles. The SMILES string of the molecule is COc1cccc(NC(=O)C2CC(=O)N(c3c(C)cc(C)cc3Cl)C2)c1. The number of ether oxygens (including phenoxy) is 1. The van der Waals surface area contributed by atoms with Crippen LogP contribution in [0.1, 0.15) is 17.5 Å². The Bertz CT molecular complexity index is 843. The Kier molecular flexibility index (Phi) is 5.18. The van der Waals surface area contributed by atoms with Crippen LogP contribution in [0.5, 0.6) is 5.75 Å². The van der Waals surface area contributed by atoms with Crippen molar-refractivity contribution in [1.82, 2.24) is 0 Å². The fourth-order valence-electron chi connectivity index (χ4n) is 3.29. The molecule has 1 aliphatic rings. The zero-order valence-corrected chi connectivity index (χ0v) is 15.8. The molecule has 1 aliphatic heterocycles.